The lowest BCUT2D eigenvalue weighted by Gasteiger charge is -2.44. The number of nitrogens with zero attached hydrogens (tertiary/aromatic N) is 2. The van der Waals surface area contributed by atoms with Crippen molar-refractivity contribution in [1.29, 1.82) is 0 Å². The molecule has 1 aliphatic carbocycles. The number of likely N-dealkylation sites (N-methyl/N-ethyl adjacent to an activating group) is 1. The lowest BCUT2D eigenvalue weighted by molar-refractivity contribution is -0.0775. The molecule has 3 atom stereocenters. The number of hydrogen-bond donors (Lipinski definition) is 1. The topological polar surface area (TPSA) is 39.1 Å². The quantitative estimate of drug-likeness (QED) is 0.908. The zero-order valence-electron chi connectivity index (χ0n) is 13.9. The van der Waals surface area contributed by atoms with Crippen LogP contribution in [0.5, 0.6) is 0 Å². The molecule has 0 saturated heterocycles. The third-order valence-corrected chi connectivity index (χ3v) is 5.53. The minimum absolute atomic E-state index is 0.0992. The second kappa shape index (κ2) is 6.67. The number of nitrogens with one attached hydrogen (secondary N) is 1. The van der Waals surface area contributed by atoms with E-state index < -0.39 is 0 Å². The predicted octanol–water partition coefficient (Wildman–Crippen LogP) is 3.11. The molecule has 0 bridgehead atoms. The van der Waals surface area contributed by atoms with E-state index in [1.807, 2.05) is 28.1 Å². The Bertz CT molecular complexity index is 488. The van der Waals surface area contributed by atoms with Crippen molar-refractivity contribution in [3.63, 3.8) is 0 Å². The van der Waals surface area contributed by atoms with Gasteiger partial charge in [0.05, 0.1) is 11.3 Å². The molecule has 5 heteroatoms. The summed E-state index contributed by atoms with van der Waals surface area (Å²) in [5.74, 6) is 0.708. The molecule has 1 fully saturated rings. The van der Waals surface area contributed by atoms with E-state index in [0.717, 1.165) is 35.7 Å². The van der Waals surface area contributed by atoms with Crippen LogP contribution in [0.2, 0.25) is 5.15 Å². The van der Waals surface area contributed by atoms with Gasteiger partial charge >= 0.3 is 0 Å². The number of aromatic nitrogens is 2. The lowest BCUT2D eigenvalue weighted by atomic mass is 9.73. The highest BCUT2D eigenvalue weighted by atomic mass is 35.5. The van der Waals surface area contributed by atoms with E-state index in [-0.39, 0.29) is 11.6 Å². The minimum atomic E-state index is -0.0992. The molecule has 0 aliphatic heterocycles. The number of rotatable bonds is 5. The van der Waals surface area contributed by atoms with Crippen LogP contribution in [0.15, 0.2) is 0 Å². The van der Waals surface area contributed by atoms with Gasteiger partial charge in [-0.1, -0.05) is 31.4 Å². The number of methoxy groups -OCH3 is 1. The van der Waals surface area contributed by atoms with Crippen LogP contribution in [0.4, 0.5) is 0 Å². The molecule has 1 saturated carbocycles. The molecule has 0 radical (unpaired) electrons. The lowest BCUT2D eigenvalue weighted by Crippen LogP contribution is -2.54. The molecule has 2 rings (SSSR count). The normalized spacial score (nSPS) is 27.8. The molecule has 21 heavy (non-hydrogen) atoms. The van der Waals surface area contributed by atoms with Crippen LogP contribution in [0.25, 0.3) is 0 Å². The summed E-state index contributed by atoms with van der Waals surface area (Å²) in [6.45, 7) is 4.35. The summed E-state index contributed by atoms with van der Waals surface area (Å²) < 4.78 is 7.78. The van der Waals surface area contributed by atoms with Crippen LogP contribution < -0.4 is 5.32 Å². The van der Waals surface area contributed by atoms with Gasteiger partial charge in [0.1, 0.15) is 5.15 Å². The Morgan fingerprint density at radius 1 is 1.57 bits per heavy atom. The predicted molar refractivity (Wildman–Crippen MR) is 86.9 cm³/mol. The summed E-state index contributed by atoms with van der Waals surface area (Å²) in [7, 11) is 5.76. The highest BCUT2D eigenvalue weighted by Gasteiger charge is 2.42. The summed E-state index contributed by atoms with van der Waals surface area (Å²) >= 11 is 6.40. The van der Waals surface area contributed by atoms with E-state index in [0.29, 0.717) is 5.92 Å². The van der Waals surface area contributed by atoms with E-state index in [1.54, 1.807) is 4.68 Å². The maximum atomic E-state index is 6.40. The molecule has 120 valence electrons. The summed E-state index contributed by atoms with van der Waals surface area (Å²) in [4.78, 5) is 0. The van der Waals surface area contributed by atoms with Gasteiger partial charge in [0, 0.05) is 25.8 Å². The van der Waals surface area contributed by atoms with Crippen LogP contribution in [0, 0.1) is 12.8 Å². The van der Waals surface area contributed by atoms with Crippen LogP contribution in [0.1, 0.15) is 43.9 Å². The first-order valence-electron chi connectivity index (χ1n) is 7.84. The molecule has 4 nitrogen and oxygen atoms in total. The van der Waals surface area contributed by atoms with Crippen molar-refractivity contribution in [2.45, 2.75) is 57.6 Å². The van der Waals surface area contributed by atoms with Gasteiger partial charge in [-0.05, 0) is 39.2 Å². The summed E-state index contributed by atoms with van der Waals surface area (Å²) in [5, 5.41) is 8.64. The average Bonchev–Trinajstić information content (AvgIpc) is 2.70. The van der Waals surface area contributed by atoms with Gasteiger partial charge in [-0.2, -0.15) is 5.10 Å². The highest BCUT2D eigenvalue weighted by molar-refractivity contribution is 6.30. The van der Waals surface area contributed by atoms with Crippen LogP contribution in [0.3, 0.4) is 0 Å². The molecule has 1 heterocycles. The van der Waals surface area contributed by atoms with E-state index in [9.17, 15) is 0 Å². The smallest absolute Gasteiger partial charge is 0.130 e. The second-order valence-electron chi connectivity index (χ2n) is 6.49. The molecule has 1 aliphatic rings. The van der Waals surface area contributed by atoms with Gasteiger partial charge < -0.3 is 10.1 Å². The van der Waals surface area contributed by atoms with Gasteiger partial charge in [-0.15, -0.1) is 0 Å². The second-order valence-corrected chi connectivity index (χ2v) is 6.85. The molecular weight excluding hydrogens is 286 g/mol. The van der Waals surface area contributed by atoms with Crippen LogP contribution in [-0.4, -0.2) is 35.6 Å². The maximum Gasteiger partial charge on any atom is 0.130 e. The van der Waals surface area contributed by atoms with Gasteiger partial charge in [0.25, 0.3) is 0 Å². The maximum absolute atomic E-state index is 6.40. The molecule has 1 N–H and O–H groups in total. The Hall–Kier alpha value is -0.580. The zero-order valence-corrected chi connectivity index (χ0v) is 14.6. The highest BCUT2D eigenvalue weighted by Crippen LogP contribution is 2.39. The van der Waals surface area contributed by atoms with Crippen molar-refractivity contribution in [3.05, 3.63) is 16.4 Å². The first-order chi connectivity index (χ1) is 9.93. The average molecular weight is 314 g/mol. The third kappa shape index (κ3) is 3.27. The van der Waals surface area contributed by atoms with Crippen LogP contribution >= 0.6 is 11.6 Å². The fraction of sp³-hybridized carbons (Fsp3) is 0.812. The van der Waals surface area contributed by atoms with E-state index >= 15 is 0 Å². The Balaban J connectivity index is 2.25. The number of ether oxygens (including phenoxy) is 1. The van der Waals surface area contributed by atoms with Gasteiger partial charge in [-0.25, -0.2) is 0 Å². The number of aryl methyl sites for hydroxylation is 2. The minimum Gasteiger partial charge on any atom is -0.377 e. The van der Waals surface area contributed by atoms with Crippen molar-refractivity contribution in [2.24, 2.45) is 13.0 Å². The fourth-order valence-corrected chi connectivity index (χ4v) is 4.10. The Morgan fingerprint density at radius 2 is 2.29 bits per heavy atom. The Kier molecular flexibility index (Phi) is 5.33. The number of hydrogen-bond acceptors (Lipinski definition) is 3. The molecule has 3 unspecified atom stereocenters. The van der Waals surface area contributed by atoms with E-state index in [1.165, 1.54) is 12.8 Å². The van der Waals surface area contributed by atoms with Crippen molar-refractivity contribution in [1.82, 2.24) is 15.1 Å². The third-order valence-electron chi connectivity index (χ3n) is 5.06. The van der Waals surface area contributed by atoms with E-state index in [2.05, 4.69) is 17.3 Å². The Morgan fingerprint density at radius 3 is 2.76 bits per heavy atom. The molecule has 0 amide bonds. The number of halogens is 1. The van der Waals surface area contributed by atoms with E-state index in [4.69, 9.17) is 16.3 Å². The van der Waals surface area contributed by atoms with Crippen molar-refractivity contribution in [3.8, 4) is 0 Å². The molecule has 1 aromatic rings. The summed E-state index contributed by atoms with van der Waals surface area (Å²) in [5.41, 5.74) is 2.05. The molecular formula is C16H28ClN3O. The van der Waals surface area contributed by atoms with Gasteiger partial charge in [-0.3, -0.25) is 4.68 Å². The van der Waals surface area contributed by atoms with Crippen LogP contribution in [-0.2, 0) is 18.2 Å². The molecule has 0 spiro atoms. The largest absolute Gasteiger partial charge is 0.377 e. The molecule has 0 aromatic carbocycles. The van der Waals surface area contributed by atoms with Gasteiger partial charge in [0.2, 0.25) is 0 Å². The van der Waals surface area contributed by atoms with Crippen molar-refractivity contribution in [2.75, 3.05) is 14.2 Å². The van der Waals surface area contributed by atoms with Gasteiger partial charge in [0.15, 0.2) is 0 Å². The SMILES string of the molecule is CNC(Cc1c(C)nn(C)c1Cl)C1(OC)CCCC(C)C1. The summed E-state index contributed by atoms with van der Waals surface area (Å²) in [6, 6.07) is 0.255. The van der Waals surface area contributed by atoms with Crippen molar-refractivity contribution >= 4 is 11.6 Å². The summed E-state index contributed by atoms with van der Waals surface area (Å²) in [6.07, 6.45) is 5.60. The molecule has 1 aromatic heterocycles. The fourth-order valence-electron chi connectivity index (χ4n) is 3.85. The standard InChI is InChI=1S/C16H28ClN3O/c1-11-7-6-8-16(10-11,21-5)14(18-3)9-13-12(2)19-20(4)15(13)17/h11,14,18H,6-10H2,1-5H3. The Labute approximate surface area is 133 Å². The monoisotopic (exact) mass is 313 g/mol. The van der Waals surface area contributed by atoms with Crippen molar-refractivity contribution < 1.29 is 4.74 Å². The zero-order chi connectivity index (χ0) is 15.6. The first-order valence-corrected chi connectivity index (χ1v) is 8.21. The first kappa shape index (κ1) is 16.8.